The van der Waals surface area contributed by atoms with Gasteiger partial charge in [-0.1, -0.05) is 6.07 Å². The second kappa shape index (κ2) is 9.26. The van der Waals surface area contributed by atoms with Crippen LogP contribution < -0.4 is 10.1 Å². The number of carbonyl (C=O) groups excluding carboxylic acids is 2. The smallest absolute Gasteiger partial charge is 0.265 e. The van der Waals surface area contributed by atoms with Crippen molar-refractivity contribution in [3.63, 3.8) is 0 Å². The summed E-state index contributed by atoms with van der Waals surface area (Å²) in [5.41, 5.74) is 1.14. The van der Waals surface area contributed by atoms with E-state index in [9.17, 15) is 18.4 Å². The normalized spacial score (nSPS) is 14.3. The molecule has 2 heterocycles. The van der Waals surface area contributed by atoms with Crippen molar-refractivity contribution in [2.24, 2.45) is 0 Å². The Hall–Kier alpha value is -3.26. The number of benzene rings is 2. The Balaban J connectivity index is 1.30. The fourth-order valence-electron chi connectivity index (χ4n) is 3.41. The van der Waals surface area contributed by atoms with Crippen LogP contribution in [-0.4, -0.2) is 35.9 Å². The molecule has 1 aliphatic rings. The molecule has 5 nitrogen and oxygen atoms in total. The Labute approximate surface area is 182 Å². The van der Waals surface area contributed by atoms with E-state index in [1.165, 1.54) is 17.4 Å². The molecule has 1 aromatic heterocycles. The van der Waals surface area contributed by atoms with Crippen LogP contribution in [0.3, 0.4) is 0 Å². The van der Waals surface area contributed by atoms with E-state index in [1.807, 2.05) is 11.4 Å². The zero-order valence-corrected chi connectivity index (χ0v) is 17.3. The molecule has 8 heteroatoms. The van der Waals surface area contributed by atoms with Gasteiger partial charge in [0.05, 0.1) is 4.88 Å². The number of nitrogens with one attached hydrogen (secondary N) is 1. The summed E-state index contributed by atoms with van der Waals surface area (Å²) in [5, 5.41) is 4.64. The molecule has 4 rings (SSSR count). The van der Waals surface area contributed by atoms with Crippen LogP contribution in [0, 0.1) is 11.6 Å². The van der Waals surface area contributed by atoms with Crippen molar-refractivity contribution in [3.05, 3.63) is 82.1 Å². The van der Waals surface area contributed by atoms with E-state index in [1.54, 1.807) is 35.2 Å². The Morgan fingerprint density at radius 2 is 1.77 bits per heavy atom. The molecule has 1 saturated heterocycles. The minimum absolute atomic E-state index is 0.0198. The zero-order valence-electron chi connectivity index (χ0n) is 16.5. The van der Waals surface area contributed by atoms with E-state index >= 15 is 0 Å². The second-order valence-corrected chi connectivity index (χ2v) is 8.14. The average Bonchev–Trinajstić information content (AvgIpc) is 3.31. The van der Waals surface area contributed by atoms with Crippen molar-refractivity contribution in [3.8, 4) is 5.75 Å². The van der Waals surface area contributed by atoms with Gasteiger partial charge in [-0.05, 0) is 47.8 Å². The van der Waals surface area contributed by atoms with Crippen LogP contribution in [0.25, 0.3) is 0 Å². The summed E-state index contributed by atoms with van der Waals surface area (Å²) < 4.78 is 32.4. The standard InChI is InChI=1S/C23H20F2N2O3S/c24-16-5-8-20(19(25)14-16)30-18-9-11-27(12-10-18)23(29)15-3-6-17(7-4-15)26-22(28)21-2-1-13-31-21/h1-8,13-14,18H,9-12H2,(H,26,28). The maximum absolute atomic E-state index is 13.8. The van der Waals surface area contributed by atoms with Gasteiger partial charge in [-0.2, -0.15) is 0 Å². The van der Waals surface area contributed by atoms with Gasteiger partial charge in [0.2, 0.25) is 0 Å². The monoisotopic (exact) mass is 442 g/mol. The molecule has 0 atom stereocenters. The molecule has 0 spiro atoms. The highest BCUT2D eigenvalue weighted by Gasteiger charge is 2.25. The number of likely N-dealkylation sites (tertiary alicyclic amines) is 1. The van der Waals surface area contributed by atoms with E-state index in [0.717, 1.165) is 12.1 Å². The average molecular weight is 442 g/mol. The van der Waals surface area contributed by atoms with Gasteiger partial charge in [-0.15, -0.1) is 11.3 Å². The summed E-state index contributed by atoms with van der Waals surface area (Å²) in [6.45, 7) is 0.951. The summed E-state index contributed by atoms with van der Waals surface area (Å²) >= 11 is 1.36. The second-order valence-electron chi connectivity index (χ2n) is 7.19. The van der Waals surface area contributed by atoms with Crippen LogP contribution in [-0.2, 0) is 0 Å². The van der Waals surface area contributed by atoms with Gasteiger partial charge in [0.1, 0.15) is 11.9 Å². The topological polar surface area (TPSA) is 58.6 Å². The number of thiophene rings is 1. The van der Waals surface area contributed by atoms with E-state index in [-0.39, 0.29) is 23.7 Å². The zero-order chi connectivity index (χ0) is 21.8. The van der Waals surface area contributed by atoms with E-state index in [0.29, 0.717) is 42.1 Å². The Kier molecular flexibility index (Phi) is 6.27. The third-order valence-corrected chi connectivity index (χ3v) is 5.92. The molecule has 1 N–H and O–H groups in total. The van der Waals surface area contributed by atoms with E-state index in [4.69, 9.17) is 4.74 Å². The van der Waals surface area contributed by atoms with Crippen molar-refractivity contribution >= 4 is 28.8 Å². The third kappa shape index (κ3) is 5.08. The van der Waals surface area contributed by atoms with Crippen LogP contribution >= 0.6 is 11.3 Å². The van der Waals surface area contributed by atoms with Crippen LogP contribution in [0.1, 0.15) is 32.9 Å². The number of amides is 2. The fourth-order valence-corrected chi connectivity index (χ4v) is 4.03. The molecule has 3 aromatic rings. The van der Waals surface area contributed by atoms with Gasteiger partial charge < -0.3 is 15.0 Å². The first-order chi connectivity index (χ1) is 15.0. The molecule has 160 valence electrons. The molecule has 2 amide bonds. The lowest BCUT2D eigenvalue weighted by atomic mass is 10.1. The molecule has 0 saturated carbocycles. The molecule has 0 bridgehead atoms. The van der Waals surface area contributed by atoms with Crippen LogP contribution in [0.15, 0.2) is 60.0 Å². The molecule has 0 unspecified atom stereocenters. The maximum Gasteiger partial charge on any atom is 0.265 e. The molecular weight excluding hydrogens is 422 g/mol. The van der Waals surface area contributed by atoms with Gasteiger partial charge in [0.15, 0.2) is 11.6 Å². The van der Waals surface area contributed by atoms with Crippen LogP contribution in [0.4, 0.5) is 14.5 Å². The number of carbonyl (C=O) groups is 2. The fraction of sp³-hybridized carbons (Fsp3) is 0.217. The first-order valence-electron chi connectivity index (χ1n) is 9.85. The first kappa shape index (κ1) is 21.0. The Morgan fingerprint density at radius 1 is 1.03 bits per heavy atom. The maximum atomic E-state index is 13.8. The van der Waals surface area contributed by atoms with Crippen molar-refractivity contribution in [2.75, 3.05) is 18.4 Å². The number of hydrogen-bond acceptors (Lipinski definition) is 4. The van der Waals surface area contributed by atoms with Gasteiger partial charge in [0, 0.05) is 43.2 Å². The van der Waals surface area contributed by atoms with Crippen LogP contribution in [0.5, 0.6) is 5.75 Å². The quantitative estimate of drug-likeness (QED) is 0.608. The van der Waals surface area contributed by atoms with Crippen LogP contribution in [0.2, 0.25) is 0 Å². The summed E-state index contributed by atoms with van der Waals surface area (Å²) in [6, 6.07) is 13.6. The van der Waals surface area contributed by atoms with E-state index < -0.39 is 11.6 Å². The predicted octanol–water partition coefficient (Wildman–Crippen LogP) is 4.96. The SMILES string of the molecule is O=C(Nc1ccc(C(=O)N2CCC(Oc3ccc(F)cc3F)CC2)cc1)c1cccs1. The van der Waals surface area contributed by atoms with Gasteiger partial charge >= 0.3 is 0 Å². The van der Waals surface area contributed by atoms with Gasteiger partial charge in [-0.3, -0.25) is 9.59 Å². The highest BCUT2D eigenvalue weighted by atomic mass is 32.1. The summed E-state index contributed by atoms with van der Waals surface area (Å²) in [4.78, 5) is 27.2. The lowest BCUT2D eigenvalue weighted by Crippen LogP contribution is -2.41. The number of rotatable bonds is 5. The minimum Gasteiger partial charge on any atom is -0.487 e. The summed E-state index contributed by atoms with van der Waals surface area (Å²) in [6.07, 6.45) is 0.869. The number of piperidine rings is 1. The molecule has 2 aromatic carbocycles. The lowest BCUT2D eigenvalue weighted by molar-refractivity contribution is 0.0588. The predicted molar refractivity (Wildman–Crippen MR) is 115 cm³/mol. The summed E-state index contributed by atoms with van der Waals surface area (Å²) in [5.74, 6) is -1.66. The minimum atomic E-state index is -0.732. The first-order valence-corrected chi connectivity index (χ1v) is 10.7. The van der Waals surface area contributed by atoms with Crippen molar-refractivity contribution < 1.29 is 23.1 Å². The highest BCUT2D eigenvalue weighted by molar-refractivity contribution is 7.12. The molecule has 1 fully saturated rings. The number of anilines is 1. The molecule has 1 aliphatic heterocycles. The molecule has 0 radical (unpaired) electrons. The van der Waals surface area contributed by atoms with Crippen molar-refractivity contribution in [1.29, 1.82) is 0 Å². The molecular formula is C23H20F2N2O3S. The third-order valence-electron chi connectivity index (χ3n) is 5.05. The number of halogens is 2. The Morgan fingerprint density at radius 3 is 2.42 bits per heavy atom. The number of nitrogens with zero attached hydrogens (tertiary/aromatic N) is 1. The van der Waals surface area contributed by atoms with Gasteiger partial charge in [0.25, 0.3) is 11.8 Å². The number of ether oxygens (including phenoxy) is 1. The number of hydrogen-bond donors (Lipinski definition) is 1. The van der Waals surface area contributed by atoms with Gasteiger partial charge in [-0.25, -0.2) is 8.78 Å². The highest BCUT2D eigenvalue weighted by Crippen LogP contribution is 2.24. The summed E-state index contributed by atoms with van der Waals surface area (Å²) in [7, 11) is 0. The molecule has 0 aliphatic carbocycles. The largest absolute Gasteiger partial charge is 0.487 e. The van der Waals surface area contributed by atoms with Crippen molar-refractivity contribution in [2.45, 2.75) is 18.9 Å². The molecule has 31 heavy (non-hydrogen) atoms. The van der Waals surface area contributed by atoms with E-state index in [2.05, 4.69) is 5.32 Å². The lowest BCUT2D eigenvalue weighted by Gasteiger charge is -2.32. The van der Waals surface area contributed by atoms with Crippen molar-refractivity contribution in [1.82, 2.24) is 4.90 Å². The Bertz CT molecular complexity index is 1060.